The van der Waals surface area contributed by atoms with E-state index in [0.29, 0.717) is 25.2 Å². The first-order valence-corrected chi connectivity index (χ1v) is 10.4. The van der Waals surface area contributed by atoms with E-state index in [1.807, 2.05) is 19.9 Å². The molecule has 3 fully saturated rings. The fourth-order valence-corrected chi connectivity index (χ4v) is 7.58. The van der Waals surface area contributed by atoms with Crippen LogP contribution in [0, 0.1) is 34.5 Å². The van der Waals surface area contributed by atoms with Crippen molar-refractivity contribution < 1.29 is 24.9 Å². The Morgan fingerprint density at radius 3 is 2.59 bits per heavy atom. The zero-order chi connectivity index (χ0) is 19.8. The molecule has 2 unspecified atom stereocenters. The van der Waals surface area contributed by atoms with Crippen molar-refractivity contribution in [2.75, 3.05) is 6.61 Å². The summed E-state index contributed by atoms with van der Waals surface area (Å²) in [5.41, 5.74) is -1.47. The first kappa shape index (κ1) is 19.3. The molecule has 5 heteroatoms. The highest BCUT2D eigenvalue weighted by molar-refractivity contribution is 5.92. The summed E-state index contributed by atoms with van der Waals surface area (Å²) in [7, 11) is 0. The second-order valence-electron chi connectivity index (χ2n) is 9.99. The number of fused-ring (bicyclic) bond motifs is 5. The highest BCUT2D eigenvalue weighted by Gasteiger charge is 2.71. The summed E-state index contributed by atoms with van der Waals surface area (Å²) in [5, 5.41) is 32.2. The summed E-state index contributed by atoms with van der Waals surface area (Å²) in [6.07, 6.45) is 5.45. The number of rotatable bonds is 2. The van der Waals surface area contributed by atoms with Crippen molar-refractivity contribution in [1.29, 1.82) is 0 Å². The summed E-state index contributed by atoms with van der Waals surface area (Å²) in [5.74, 6) is -0.0342. The maximum atomic E-state index is 12.6. The number of carbonyl (C=O) groups is 2. The molecule has 0 aromatic rings. The average molecular weight is 376 g/mol. The molecule has 0 aliphatic heterocycles. The summed E-state index contributed by atoms with van der Waals surface area (Å²) in [6.45, 7) is 5.26. The smallest absolute Gasteiger partial charge is 0.190 e. The van der Waals surface area contributed by atoms with Gasteiger partial charge in [0.1, 0.15) is 12.2 Å². The topological polar surface area (TPSA) is 94.8 Å². The molecule has 0 bridgehead atoms. The van der Waals surface area contributed by atoms with Crippen molar-refractivity contribution in [2.24, 2.45) is 34.5 Å². The SMILES string of the molecule is CC1C[C@H]2[C@@H]3CCC4=CC(=O)CC[C@]4(C)[C@H]3CC(O)[C@]2(C)[C@@]1(O)C(=O)CO. The van der Waals surface area contributed by atoms with Gasteiger partial charge in [0.15, 0.2) is 11.6 Å². The van der Waals surface area contributed by atoms with Gasteiger partial charge in [0.05, 0.1) is 6.10 Å². The van der Waals surface area contributed by atoms with Crippen LogP contribution in [-0.4, -0.2) is 45.2 Å². The van der Waals surface area contributed by atoms with Gasteiger partial charge in [-0.25, -0.2) is 0 Å². The van der Waals surface area contributed by atoms with Gasteiger partial charge < -0.3 is 15.3 Å². The van der Waals surface area contributed by atoms with Crippen LogP contribution in [0.3, 0.4) is 0 Å². The predicted octanol–water partition coefficient (Wildman–Crippen LogP) is 2.03. The van der Waals surface area contributed by atoms with Crippen molar-refractivity contribution in [3.05, 3.63) is 11.6 Å². The molecule has 3 N–H and O–H groups in total. The molecule has 0 aromatic heterocycles. The Morgan fingerprint density at radius 1 is 1.22 bits per heavy atom. The molecule has 4 rings (SSSR count). The largest absolute Gasteiger partial charge is 0.392 e. The van der Waals surface area contributed by atoms with Crippen LogP contribution in [0.5, 0.6) is 0 Å². The van der Waals surface area contributed by atoms with Gasteiger partial charge in [0.25, 0.3) is 0 Å². The Hall–Kier alpha value is -1.04. The molecule has 4 aliphatic carbocycles. The van der Waals surface area contributed by atoms with Gasteiger partial charge in [0.2, 0.25) is 0 Å². The monoisotopic (exact) mass is 376 g/mol. The number of carbonyl (C=O) groups excluding carboxylic acids is 2. The molecule has 27 heavy (non-hydrogen) atoms. The van der Waals surface area contributed by atoms with Crippen LogP contribution in [-0.2, 0) is 9.59 Å². The van der Waals surface area contributed by atoms with E-state index in [2.05, 4.69) is 6.92 Å². The third-order valence-electron chi connectivity index (χ3n) is 9.21. The number of hydrogen-bond donors (Lipinski definition) is 3. The lowest BCUT2D eigenvalue weighted by molar-refractivity contribution is -0.200. The van der Waals surface area contributed by atoms with Crippen molar-refractivity contribution in [2.45, 2.75) is 71.0 Å². The lowest BCUT2D eigenvalue weighted by atomic mass is 9.45. The van der Waals surface area contributed by atoms with E-state index in [1.54, 1.807) is 0 Å². The third kappa shape index (κ3) is 2.22. The highest BCUT2D eigenvalue weighted by Crippen LogP contribution is 2.68. The Balaban J connectivity index is 1.76. The quantitative estimate of drug-likeness (QED) is 0.685. The first-order valence-electron chi connectivity index (χ1n) is 10.4. The first-order chi connectivity index (χ1) is 12.6. The predicted molar refractivity (Wildman–Crippen MR) is 99.7 cm³/mol. The van der Waals surface area contributed by atoms with Crippen LogP contribution in [0.1, 0.15) is 59.3 Å². The maximum absolute atomic E-state index is 12.6. The molecule has 0 amide bonds. The van der Waals surface area contributed by atoms with Gasteiger partial charge in [-0.2, -0.15) is 0 Å². The van der Waals surface area contributed by atoms with Crippen LogP contribution in [0.4, 0.5) is 0 Å². The van der Waals surface area contributed by atoms with E-state index >= 15 is 0 Å². The molecule has 0 spiro atoms. The fraction of sp³-hybridized carbons (Fsp3) is 0.818. The van der Waals surface area contributed by atoms with Gasteiger partial charge in [0, 0.05) is 11.8 Å². The van der Waals surface area contributed by atoms with E-state index in [-0.39, 0.29) is 29.0 Å². The van der Waals surface area contributed by atoms with Crippen molar-refractivity contribution in [3.63, 3.8) is 0 Å². The molecule has 3 saturated carbocycles. The molecular weight excluding hydrogens is 344 g/mol. The van der Waals surface area contributed by atoms with Crippen LogP contribution < -0.4 is 0 Å². The third-order valence-corrected chi connectivity index (χ3v) is 9.21. The van der Waals surface area contributed by atoms with Gasteiger partial charge in [-0.15, -0.1) is 0 Å². The number of aliphatic hydroxyl groups is 3. The lowest BCUT2D eigenvalue weighted by Gasteiger charge is -2.60. The van der Waals surface area contributed by atoms with E-state index in [1.165, 1.54) is 5.57 Å². The molecule has 150 valence electrons. The minimum Gasteiger partial charge on any atom is -0.392 e. The lowest BCUT2D eigenvalue weighted by Crippen LogP contribution is -2.65. The summed E-state index contributed by atoms with van der Waals surface area (Å²) in [4.78, 5) is 24.5. The molecule has 0 aromatic carbocycles. The van der Waals surface area contributed by atoms with Gasteiger partial charge in [-0.3, -0.25) is 9.59 Å². The van der Waals surface area contributed by atoms with Gasteiger partial charge >= 0.3 is 0 Å². The van der Waals surface area contributed by atoms with Gasteiger partial charge in [-0.05, 0) is 67.3 Å². The van der Waals surface area contributed by atoms with E-state index in [4.69, 9.17) is 0 Å². The van der Waals surface area contributed by atoms with Crippen LogP contribution in [0.15, 0.2) is 11.6 Å². The summed E-state index contributed by atoms with van der Waals surface area (Å²) in [6, 6.07) is 0. The van der Waals surface area contributed by atoms with Crippen LogP contribution in [0.2, 0.25) is 0 Å². The van der Waals surface area contributed by atoms with E-state index < -0.39 is 29.5 Å². The Bertz CT molecular complexity index is 713. The number of ketones is 2. The number of hydrogen-bond acceptors (Lipinski definition) is 5. The second-order valence-corrected chi connectivity index (χ2v) is 9.99. The molecule has 0 radical (unpaired) electrons. The highest BCUT2D eigenvalue weighted by atomic mass is 16.3. The zero-order valence-electron chi connectivity index (χ0n) is 16.6. The second kappa shape index (κ2) is 5.98. The molecule has 8 atom stereocenters. The normalized spacial score (nSPS) is 51.9. The Kier molecular flexibility index (Phi) is 4.27. The minimum absolute atomic E-state index is 0.0396. The van der Waals surface area contributed by atoms with E-state index in [9.17, 15) is 24.9 Å². The standard InChI is InChI=1S/C22H32O5/c1-12-8-17-15-5-4-13-9-14(24)6-7-20(13,2)16(15)10-18(25)21(17,3)22(12,27)19(26)11-23/h9,12,15-18,23,25,27H,4-8,10-11H2,1-3H3/t12?,15-,16+,17+,18?,20+,21-,22+/m1/s1. The fourth-order valence-electron chi connectivity index (χ4n) is 7.58. The minimum atomic E-state index is -1.68. The maximum Gasteiger partial charge on any atom is 0.190 e. The molecule has 4 aliphatic rings. The number of allylic oxidation sites excluding steroid dienone is 1. The molecule has 0 heterocycles. The summed E-state index contributed by atoms with van der Waals surface area (Å²) < 4.78 is 0. The van der Waals surface area contributed by atoms with Crippen molar-refractivity contribution in [1.82, 2.24) is 0 Å². The van der Waals surface area contributed by atoms with Crippen LogP contribution in [0.25, 0.3) is 0 Å². The number of Topliss-reactive ketones (excluding diaryl/α,β-unsaturated/α-hetero) is 1. The summed E-state index contributed by atoms with van der Waals surface area (Å²) >= 11 is 0. The average Bonchev–Trinajstić information content (AvgIpc) is 2.85. The Labute approximate surface area is 160 Å². The van der Waals surface area contributed by atoms with Crippen molar-refractivity contribution in [3.8, 4) is 0 Å². The van der Waals surface area contributed by atoms with Crippen LogP contribution >= 0.6 is 0 Å². The number of aliphatic hydroxyl groups excluding tert-OH is 2. The zero-order valence-corrected chi connectivity index (χ0v) is 16.6. The Morgan fingerprint density at radius 2 is 1.93 bits per heavy atom. The van der Waals surface area contributed by atoms with Gasteiger partial charge in [-0.1, -0.05) is 26.3 Å². The van der Waals surface area contributed by atoms with E-state index in [0.717, 1.165) is 19.3 Å². The van der Waals surface area contributed by atoms with Crippen molar-refractivity contribution >= 4 is 11.6 Å². The molecule has 5 nitrogen and oxygen atoms in total. The molecular formula is C22H32O5. The molecule has 0 saturated heterocycles.